The van der Waals surface area contributed by atoms with Crippen LogP contribution in [0.4, 0.5) is 23.2 Å². The lowest BCUT2D eigenvalue weighted by atomic mass is 10.0. The molecule has 1 aliphatic heterocycles. The number of carbonyl (C=O) groups is 1. The van der Waals surface area contributed by atoms with E-state index in [0.29, 0.717) is 12.1 Å². The molecule has 5 nitrogen and oxygen atoms in total. The molecule has 2 heterocycles. The number of carboxylic acids is 1. The monoisotopic (exact) mass is 495 g/mol. The molecule has 4 aromatic rings. The summed E-state index contributed by atoms with van der Waals surface area (Å²) in [5.41, 5.74) is 3.43. The van der Waals surface area contributed by atoms with E-state index in [9.17, 15) is 22.4 Å². The summed E-state index contributed by atoms with van der Waals surface area (Å²) < 4.78 is 54.0. The first-order valence-corrected chi connectivity index (χ1v) is 11.3. The number of halogens is 4. The van der Waals surface area contributed by atoms with Crippen molar-refractivity contribution in [2.45, 2.75) is 25.7 Å². The first-order chi connectivity index (χ1) is 17.2. The predicted molar refractivity (Wildman–Crippen MR) is 126 cm³/mol. The molecule has 1 aliphatic rings. The zero-order chi connectivity index (χ0) is 25.4. The number of benzene rings is 3. The second-order valence-electron chi connectivity index (χ2n) is 8.73. The van der Waals surface area contributed by atoms with Gasteiger partial charge in [-0.3, -0.25) is 4.68 Å². The van der Waals surface area contributed by atoms with Crippen molar-refractivity contribution in [3.8, 4) is 11.1 Å². The third kappa shape index (κ3) is 4.82. The number of aromatic nitrogens is 2. The zero-order valence-corrected chi connectivity index (χ0v) is 19.0. The summed E-state index contributed by atoms with van der Waals surface area (Å²) in [6, 6.07) is 20.2. The van der Waals surface area contributed by atoms with Crippen LogP contribution in [0.2, 0.25) is 0 Å². The fraction of sp³-hybridized carbons (Fsp3) is 0.185. The SMILES string of the molecule is O=C(O)c1cn(Cc2ccc(-c3cccc(CN4CCc5ccc(F)cc54)c3)cc2)nc1C(F)(F)F. The van der Waals surface area contributed by atoms with Crippen molar-refractivity contribution < 1.29 is 27.5 Å². The predicted octanol–water partition coefficient (Wildman–Crippen LogP) is 6.02. The number of fused-ring (bicyclic) bond motifs is 1. The van der Waals surface area contributed by atoms with Gasteiger partial charge in [0, 0.05) is 25.0 Å². The number of hydrogen-bond acceptors (Lipinski definition) is 3. The van der Waals surface area contributed by atoms with Crippen LogP contribution in [0.5, 0.6) is 0 Å². The average Bonchev–Trinajstić information content (AvgIpc) is 3.44. The molecule has 3 aromatic carbocycles. The van der Waals surface area contributed by atoms with Crippen LogP contribution in [0.15, 0.2) is 72.9 Å². The van der Waals surface area contributed by atoms with Gasteiger partial charge < -0.3 is 10.0 Å². The average molecular weight is 495 g/mol. The number of carboxylic acid groups (broad SMARTS) is 1. The van der Waals surface area contributed by atoms with E-state index in [-0.39, 0.29) is 12.4 Å². The third-order valence-electron chi connectivity index (χ3n) is 6.23. The molecule has 0 amide bonds. The first-order valence-electron chi connectivity index (χ1n) is 11.3. The van der Waals surface area contributed by atoms with Crippen LogP contribution >= 0.6 is 0 Å². The van der Waals surface area contributed by atoms with E-state index in [0.717, 1.165) is 51.8 Å². The van der Waals surface area contributed by atoms with Crippen LogP contribution in [-0.4, -0.2) is 27.4 Å². The second kappa shape index (κ2) is 9.14. The minimum absolute atomic E-state index is 0.00160. The van der Waals surface area contributed by atoms with Crippen LogP contribution < -0.4 is 4.90 Å². The quantitative estimate of drug-likeness (QED) is 0.333. The highest BCUT2D eigenvalue weighted by atomic mass is 19.4. The Morgan fingerprint density at radius 2 is 1.72 bits per heavy atom. The number of nitrogens with zero attached hydrogens (tertiary/aromatic N) is 3. The maximum Gasteiger partial charge on any atom is 0.436 e. The summed E-state index contributed by atoms with van der Waals surface area (Å²) in [5, 5.41) is 12.5. The first kappa shape index (κ1) is 23.6. The molecule has 0 atom stereocenters. The lowest BCUT2D eigenvalue weighted by Crippen LogP contribution is -2.19. The summed E-state index contributed by atoms with van der Waals surface area (Å²) in [7, 11) is 0. The van der Waals surface area contributed by atoms with Gasteiger partial charge >= 0.3 is 12.1 Å². The topological polar surface area (TPSA) is 58.4 Å². The van der Waals surface area contributed by atoms with Crippen molar-refractivity contribution in [2.24, 2.45) is 0 Å². The molecule has 0 radical (unpaired) electrons. The Bertz CT molecular complexity index is 1430. The van der Waals surface area contributed by atoms with E-state index in [4.69, 9.17) is 5.11 Å². The number of aromatic carboxylic acids is 1. The molecule has 0 fully saturated rings. The lowest BCUT2D eigenvalue weighted by Gasteiger charge is -2.20. The number of anilines is 1. The second-order valence-corrected chi connectivity index (χ2v) is 8.73. The fourth-order valence-corrected chi connectivity index (χ4v) is 4.51. The Morgan fingerprint density at radius 3 is 2.42 bits per heavy atom. The summed E-state index contributed by atoms with van der Waals surface area (Å²) in [5.74, 6) is -1.93. The highest BCUT2D eigenvalue weighted by Crippen LogP contribution is 2.32. The molecule has 0 saturated heterocycles. The molecule has 0 spiro atoms. The van der Waals surface area contributed by atoms with Crippen LogP contribution in [0, 0.1) is 5.82 Å². The standard InChI is InChI=1S/C27H21F4N3O2/c28-22-9-8-20-10-11-33(24(20)13-22)14-18-2-1-3-21(12-18)19-6-4-17(5-7-19)15-34-16-23(26(35)36)25(32-34)27(29,30)31/h1-9,12-13,16H,10-11,14-15H2,(H,35,36). The molecule has 1 aromatic heterocycles. The Hall–Kier alpha value is -4.14. The summed E-state index contributed by atoms with van der Waals surface area (Å²) in [4.78, 5) is 13.3. The van der Waals surface area contributed by atoms with E-state index in [1.807, 2.05) is 36.4 Å². The van der Waals surface area contributed by atoms with Gasteiger partial charge in [0.25, 0.3) is 0 Å². The van der Waals surface area contributed by atoms with Crippen molar-refractivity contribution in [1.29, 1.82) is 0 Å². The van der Waals surface area contributed by atoms with Crippen LogP contribution in [0.25, 0.3) is 11.1 Å². The van der Waals surface area contributed by atoms with Gasteiger partial charge in [0.15, 0.2) is 5.69 Å². The van der Waals surface area contributed by atoms with Gasteiger partial charge in [-0.05, 0) is 52.4 Å². The van der Waals surface area contributed by atoms with Gasteiger partial charge in [-0.15, -0.1) is 0 Å². The number of hydrogen-bond donors (Lipinski definition) is 1. The number of alkyl halides is 3. The van der Waals surface area contributed by atoms with Gasteiger partial charge in [-0.25, -0.2) is 9.18 Å². The Balaban J connectivity index is 1.32. The molecule has 1 N–H and O–H groups in total. The Morgan fingerprint density at radius 1 is 0.944 bits per heavy atom. The molecule has 0 saturated carbocycles. The minimum Gasteiger partial charge on any atom is -0.478 e. The van der Waals surface area contributed by atoms with Gasteiger partial charge in [0.05, 0.1) is 6.54 Å². The largest absolute Gasteiger partial charge is 0.478 e. The summed E-state index contributed by atoms with van der Waals surface area (Å²) in [6.07, 6.45) is -3.07. The molecule has 0 unspecified atom stereocenters. The molecule has 0 bridgehead atoms. The molecular weight excluding hydrogens is 474 g/mol. The smallest absolute Gasteiger partial charge is 0.436 e. The summed E-state index contributed by atoms with van der Waals surface area (Å²) in [6.45, 7) is 1.47. The van der Waals surface area contributed by atoms with Crippen molar-refractivity contribution in [2.75, 3.05) is 11.4 Å². The van der Waals surface area contributed by atoms with Gasteiger partial charge in [-0.1, -0.05) is 48.5 Å². The lowest BCUT2D eigenvalue weighted by molar-refractivity contribution is -0.142. The van der Waals surface area contributed by atoms with Gasteiger partial charge in [-0.2, -0.15) is 18.3 Å². The van der Waals surface area contributed by atoms with Crippen molar-refractivity contribution >= 4 is 11.7 Å². The molecule has 9 heteroatoms. The molecule has 0 aliphatic carbocycles. The maximum absolute atomic E-state index is 13.7. The zero-order valence-electron chi connectivity index (χ0n) is 19.0. The van der Waals surface area contributed by atoms with E-state index in [1.165, 1.54) is 6.07 Å². The molecule has 36 heavy (non-hydrogen) atoms. The summed E-state index contributed by atoms with van der Waals surface area (Å²) >= 11 is 0. The van der Waals surface area contributed by atoms with E-state index >= 15 is 0 Å². The molecule has 184 valence electrons. The van der Waals surface area contributed by atoms with E-state index in [1.54, 1.807) is 18.2 Å². The van der Waals surface area contributed by atoms with E-state index < -0.39 is 23.4 Å². The van der Waals surface area contributed by atoms with Crippen LogP contribution in [0.1, 0.15) is 32.7 Å². The molecule has 5 rings (SSSR count). The van der Waals surface area contributed by atoms with Crippen molar-refractivity contribution in [3.63, 3.8) is 0 Å². The van der Waals surface area contributed by atoms with Gasteiger partial charge in [0.1, 0.15) is 11.4 Å². The Kier molecular flexibility index (Phi) is 5.99. The van der Waals surface area contributed by atoms with Crippen molar-refractivity contribution in [3.05, 3.63) is 107 Å². The maximum atomic E-state index is 13.7. The van der Waals surface area contributed by atoms with Crippen molar-refractivity contribution in [1.82, 2.24) is 9.78 Å². The van der Waals surface area contributed by atoms with E-state index in [2.05, 4.69) is 16.1 Å². The van der Waals surface area contributed by atoms with Gasteiger partial charge in [0.2, 0.25) is 0 Å². The minimum atomic E-state index is -4.85. The Labute approximate surface area is 204 Å². The third-order valence-corrected chi connectivity index (χ3v) is 6.23. The number of rotatable bonds is 6. The normalized spacial score (nSPS) is 13.2. The van der Waals surface area contributed by atoms with Crippen LogP contribution in [0.3, 0.4) is 0 Å². The highest BCUT2D eigenvalue weighted by molar-refractivity contribution is 5.88. The highest BCUT2D eigenvalue weighted by Gasteiger charge is 2.39. The fourth-order valence-electron chi connectivity index (χ4n) is 4.51. The molecular formula is C27H21F4N3O2. The van der Waals surface area contributed by atoms with Crippen LogP contribution in [-0.2, 0) is 25.7 Å².